The van der Waals surface area contributed by atoms with Crippen LogP contribution in [-0.4, -0.2) is 65.8 Å². The van der Waals surface area contributed by atoms with E-state index in [-0.39, 0.29) is 11.7 Å². The van der Waals surface area contributed by atoms with Crippen molar-refractivity contribution in [3.05, 3.63) is 48.2 Å². The van der Waals surface area contributed by atoms with E-state index in [0.29, 0.717) is 64.0 Å². The van der Waals surface area contributed by atoms with Crippen LogP contribution in [0.1, 0.15) is 31.4 Å². The molecular weight excluding hydrogens is 503 g/mol. The summed E-state index contributed by atoms with van der Waals surface area (Å²) in [6.45, 7) is 5.47. The number of methoxy groups -OCH3 is 1. The Bertz CT molecular complexity index is 1520. The van der Waals surface area contributed by atoms with Gasteiger partial charge in [-0.15, -0.1) is 0 Å². The third kappa shape index (κ3) is 4.96. The van der Waals surface area contributed by atoms with Crippen LogP contribution in [-0.2, 0) is 9.53 Å². The molecule has 9 nitrogen and oxygen atoms in total. The summed E-state index contributed by atoms with van der Waals surface area (Å²) in [5, 5.41) is 1.01. The van der Waals surface area contributed by atoms with Gasteiger partial charge in [0.15, 0.2) is 23.1 Å². The Kier molecular flexibility index (Phi) is 6.72. The number of aryl methyl sites for hydroxylation is 1. The van der Waals surface area contributed by atoms with E-state index < -0.39 is 5.82 Å². The lowest BCUT2D eigenvalue weighted by molar-refractivity contribution is -0.153. The Hall–Kier alpha value is -3.92. The summed E-state index contributed by atoms with van der Waals surface area (Å²) >= 11 is 0. The minimum absolute atomic E-state index is 0.0165. The third-order valence-electron chi connectivity index (χ3n) is 7.69. The maximum atomic E-state index is 15.1. The predicted molar refractivity (Wildman–Crippen MR) is 143 cm³/mol. The van der Waals surface area contributed by atoms with Gasteiger partial charge in [0, 0.05) is 48.3 Å². The number of aromatic amines is 1. The number of carbonyl (C=O) groups is 1. The molecule has 204 valence electrons. The predicted octanol–water partition coefficient (Wildman–Crippen LogP) is 5.16. The number of hydrogen-bond acceptors (Lipinski definition) is 7. The molecule has 4 aromatic rings. The van der Waals surface area contributed by atoms with Crippen LogP contribution < -0.4 is 14.2 Å². The average Bonchev–Trinajstić information content (AvgIpc) is 3.32. The molecule has 1 aromatic carbocycles. The van der Waals surface area contributed by atoms with E-state index in [1.807, 2.05) is 11.8 Å². The van der Waals surface area contributed by atoms with Crippen molar-refractivity contribution in [3.8, 4) is 23.0 Å². The number of carbonyl (C=O) groups excluding carboxylic acids is 1. The first-order valence-electron chi connectivity index (χ1n) is 13.2. The lowest BCUT2D eigenvalue weighted by Gasteiger charge is -2.47. The van der Waals surface area contributed by atoms with E-state index in [0.717, 1.165) is 44.8 Å². The number of nitrogens with zero attached hydrogens (tertiary/aromatic N) is 3. The van der Waals surface area contributed by atoms with Crippen molar-refractivity contribution in [2.24, 2.45) is 5.41 Å². The molecule has 0 bridgehead atoms. The second-order valence-corrected chi connectivity index (χ2v) is 10.4. The van der Waals surface area contributed by atoms with E-state index in [1.54, 1.807) is 37.6 Å². The number of pyridine rings is 2. The van der Waals surface area contributed by atoms with Crippen molar-refractivity contribution in [3.63, 3.8) is 0 Å². The first-order valence-corrected chi connectivity index (χ1v) is 13.2. The molecule has 10 heteroatoms. The number of H-pyrrole nitrogens is 1. The minimum Gasteiger partial charge on any atom is -0.493 e. The second-order valence-electron chi connectivity index (χ2n) is 10.4. The molecule has 1 amide bonds. The van der Waals surface area contributed by atoms with Gasteiger partial charge in [-0.25, -0.2) is 9.37 Å². The van der Waals surface area contributed by atoms with Gasteiger partial charge in [0.05, 0.1) is 44.0 Å². The molecule has 6 rings (SSSR count). The molecule has 0 saturated carbocycles. The molecule has 5 heterocycles. The van der Waals surface area contributed by atoms with E-state index in [2.05, 4.69) is 15.0 Å². The van der Waals surface area contributed by atoms with E-state index >= 15 is 4.39 Å². The second kappa shape index (κ2) is 10.3. The number of ether oxygens (including phenoxy) is 4. The van der Waals surface area contributed by atoms with Gasteiger partial charge in [-0.2, -0.15) is 0 Å². The highest BCUT2D eigenvalue weighted by molar-refractivity contribution is 5.88. The molecule has 39 heavy (non-hydrogen) atoms. The van der Waals surface area contributed by atoms with Gasteiger partial charge in [0.1, 0.15) is 11.4 Å². The molecule has 0 atom stereocenters. The Morgan fingerprint density at radius 3 is 2.67 bits per heavy atom. The quantitative estimate of drug-likeness (QED) is 0.312. The van der Waals surface area contributed by atoms with Crippen molar-refractivity contribution < 1.29 is 28.1 Å². The zero-order valence-corrected chi connectivity index (χ0v) is 22.1. The van der Waals surface area contributed by atoms with Crippen molar-refractivity contribution in [1.29, 1.82) is 0 Å². The summed E-state index contributed by atoms with van der Waals surface area (Å²) in [7, 11) is 1.55. The fourth-order valence-corrected chi connectivity index (χ4v) is 5.31. The largest absolute Gasteiger partial charge is 0.493 e. The summed E-state index contributed by atoms with van der Waals surface area (Å²) in [4.78, 5) is 26.4. The number of likely N-dealkylation sites (tertiary alicyclic amines) is 1. The summed E-state index contributed by atoms with van der Waals surface area (Å²) in [5.41, 5.74) is 2.20. The van der Waals surface area contributed by atoms with Crippen molar-refractivity contribution in [1.82, 2.24) is 19.9 Å². The van der Waals surface area contributed by atoms with Crippen LogP contribution in [0.15, 0.2) is 36.7 Å². The fourth-order valence-electron chi connectivity index (χ4n) is 5.31. The standard InChI is InChI=1S/C29H31FN4O5/c1-18-12-20-27(30)25(15-32-28(20)33-18)39-22-5-8-31-21-14-24(23(36-2)13-19(21)22)38-11-3-4-26(35)34-9-6-29(7-10-34)16-37-17-29/h5,8,12-15H,3-4,6-7,9-11,16-17H2,1-2H3,(H,32,33). The van der Waals surface area contributed by atoms with E-state index in [1.165, 1.54) is 6.20 Å². The molecular formula is C29H31FN4O5. The highest BCUT2D eigenvalue weighted by atomic mass is 19.1. The van der Waals surface area contributed by atoms with Gasteiger partial charge in [-0.1, -0.05) is 0 Å². The molecule has 2 saturated heterocycles. The van der Waals surface area contributed by atoms with Gasteiger partial charge < -0.3 is 28.8 Å². The maximum absolute atomic E-state index is 15.1. The van der Waals surface area contributed by atoms with Gasteiger partial charge in [-0.05, 0) is 44.4 Å². The lowest BCUT2D eigenvalue weighted by atomic mass is 9.77. The first kappa shape index (κ1) is 25.4. The molecule has 1 spiro atoms. The number of hydrogen-bond donors (Lipinski definition) is 1. The maximum Gasteiger partial charge on any atom is 0.222 e. The number of rotatable bonds is 8. The molecule has 3 aromatic heterocycles. The van der Waals surface area contributed by atoms with Gasteiger partial charge >= 0.3 is 0 Å². The zero-order valence-electron chi connectivity index (χ0n) is 22.1. The van der Waals surface area contributed by atoms with Gasteiger partial charge in [0.2, 0.25) is 5.91 Å². The number of piperidine rings is 1. The lowest BCUT2D eigenvalue weighted by Crippen LogP contribution is -2.52. The van der Waals surface area contributed by atoms with Crippen molar-refractivity contribution in [2.75, 3.05) is 40.0 Å². The van der Waals surface area contributed by atoms with Crippen LogP contribution in [0.5, 0.6) is 23.0 Å². The highest BCUT2D eigenvalue weighted by Crippen LogP contribution is 2.39. The van der Waals surface area contributed by atoms with Crippen LogP contribution in [0.25, 0.3) is 21.9 Å². The number of fused-ring (bicyclic) bond motifs is 2. The number of amides is 1. The van der Waals surface area contributed by atoms with E-state index in [4.69, 9.17) is 18.9 Å². The number of aromatic nitrogens is 3. The zero-order chi connectivity index (χ0) is 27.0. The number of halogens is 1. The Balaban J connectivity index is 1.11. The number of nitrogens with one attached hydrogen (secondary N) is 1. The molecule has 0 radical (unpaired) electrons. The minimum atomic E-state index is -0.489. The van der Waals surface area contributed by atoms with Crippen LogP contribution in [0.4, 0.5) is 4.39 Å². The average molecular weight is 535 g/mol. The molecule has 2 fully saturated rings. The Morgan fingerprint density at radius 2 is 1.92 bits per heavy atom. The first-order chi connectivity index (χ1) is 18.9. The summed E-state index contributed by atoms with van der Waals surface area (Å²) in [6, 6.07) is 6.89. The van der Waals surface area contributed by atoms with Gasteiger partial charge in [-0.3, -0.25) is 9.78 Å². The summed E-state index contributed by atoms with van der Waals surface area (Å²) < 4.78 is 38.0. The third-order valence-corrected chi connectivity index (χ3v) is 7.69. The smallest absolute Gasteiger partial charge is 0.222 e. The summed E-state index contributed by atoms with van der Waals surface area (Å²) in [6.07, 6.45) is 6.02. The SMILES string of the molecule is COc1cc2c(Oc3cnc4[nH]c(C)cc4c3F)ccnc2cc1OCCCC(=O)N1CCC2(CC1)COC2. The van der Waals surface area contributed by atoms with E-state index in [9.17, 15) is 4.79 Å². The Morgan fingerprint density at radius 1 is 1.10 bits per heavy atom. The topological polar surface area (TPSA) is 98.8 Å². The van der Waals surface area contributed by atoms with Crippen LogP contribution in [0, 0.1) is 18.2 Å². The fraction of sp³-hybridized carbons (Fsp3) is 0.414. The molecule has 2 aliphatic heterocycles. The van der Waals surface area contributed by atoms with Crippen molar-refractivity contribution >= 4 is 27.8 Å². The molecule has 0 unspecified atom stereocenters. The van der Waals surface area contributed by atoms with Crippen LogP contribution in [0.2, 0.25) is 0 Å². The number of benzene rings is 1. The summed E-state index contributed by atoms with van der Waals surface area (Å²) in [5.74, 6) is 1.12. The highest BCUT2D eigenvalue weighted by Gasteiger charge is 2.41. The molecule has 1 N–H and O–H groups in total. The van der Waals surface area contributed by atoms with Crippen LogP contribution in [0.3, 0.4) is 0 Å². The normalized spacial score (nSPS) is 16.4. The van der Waals surface area contributed by atoms with Crippen LogP contribution >= 0.6 is 0 Å². The van der Waals surface area contributed by atoms with Crippen molar-refractivity contribution in [2.45, 2.75) is 32.6 Å². The van der Waals surface area contributed by atoms with Gasteiger partial charge in [0.25, 0.3) is 0 Å². The Labute approximate surface area is 225 Å². The molecule has 2 aliphatic rings. The molecule has 0 aliphatic carbocycles. The monoisotopic (exact) mass is 534 g/mol.